The van der Waals surface area contributed by atoms with Crippen molar-refractivity contribution in [2.75, 3.05) is 0 Å². The molecule has 0 aliphatic heterocycles. The van der Waals surface area contributed by atoms with Crippen molar-refractivity contribution in [2.24, 2.45) is 5.73 Å². The molecule has 4 N–H and O–H groups in total. The third kappa shape index (κ3) is 2.19. The van der Waals surface area contributed by atoms with Crippen LogP contribution in [0.15, 0.2) is 12.3 Å². The average Bonchev–Trinajstić information content (AvgIpc) is 2.69. The number of carbonyl (C=O) groups is 1. The van der Waals surface area contributed by atoms with Gasteiger partial charge in [-0.25, -0.2) is 0 Å². The number of nitrogens with one attached hydrogen (secondary N) is 1. The summed E-state index contributed by atoms with van der Waals surface area (Å²) >= 11 is 12.2. The molecule has 2 aromatic rings. The first-order valence-corrected chi connectivity index (χ1v) is 6.10. The molecule has 0 fully saturated rings. The van der Waals surface area contributed by atoms with E-state index in [4.69, 9.17) is 34.0 Å². The van der Waals surface area contributed by atoms with Crippen LogP contribution in [-0.4, -0.2) is 22.1 Å². The van der Waals surface area contributed by atoms with Crippen LogP contribution in [0.3, 0.4) is 0 Å². The third-order valence-electron chi connectivity index (χ3n) is 2.88. The lowest BCUT2D eigenvalue weighted by molar-refractivity contribution is -0.138. The Morgan fingerprint density at radius 3 is 2.78 bits per heavy atom. The Bertz CT molecular complexity index is 622. The number of rotatable bonds is 3. The molecule has 0 spiro atoms. The van der Waals surface area contributed by atoms with Gasteiger partial charge in [0, 0.05) is 18.0 Å². The average molecular weight is 287 g/mol. The number of aliphatic carboxylic acids is 1. The lowest BCUT2D eigenvalue weighted by Crippen LogP contribution is -2.32. The number of H-pyrrole nitrogens is 1. The molecule has 6 heteroatoms. The van der Waals surface area contributed by atoms with E-state index >= 15 is 0 Å². The van der Waals surface area contributed by atoms with E-state index in [0.717, 1.165) is 16.5 Å². The van der Waals surface area contributed by atoms with Gasteiger partial charge in [0.15, 0.2) is 0 Å². The minimum Gasteiger partial charge on any atom is -0.480 e. The van der Waals surface area contributed by atoms with Crippen molar-refractivity contribution < 1.29 is 9.90 Å². The van der Waals surface area contributed by atoms with Gasteiger partial charge in [0.25, 0.3) is 0 Å². The van der Waals surface area contributed by atoms with Crippen LogP contribution < -0.4 is 5.73 Å². The van der Waals surface area contributed by atoms with Crippen molar-refractivity contribution >= 4 is 40.1 Å². The van der Waals surface area contributed by atoms with E-state index in [0.29, 0.717) is 15.6 Å². The highest BCUT2D eigenvalue weighted by Gasteiger charge is 2.17. The standard InChI is InChI=1S/C12H12Cl2N2O2/c1-5-2-7-6(3-8(15)12(17)18)4-16-11(7)10(14)9(5)13/h2,4,8,16H,3,15H2,1H3,(H,17,18). The first kappa shape index (κ1) is 13.2. The number of benzene rings is 1. The molecular weight excluding hydrogens is 275 g/mol. The van der Waals surface area contributed by atoms with Crippen LogP contribution in [0.2, 0.25) is 10.0 Å². The van der Waals surface area contributed by atoms with Gasteiger partial charge in [-0.15, -0.1) is 0 Å². The van der Waals surface area contributed by atoms with Gasteiger partial charge in [-0.1, -0.05) is 23.2 Å². The molecule has 1 aromatic carbocycles. The predicted molar refractivity (Wildman–Crippen MR) is 72.4 cm³/mol. The van der Waals surface area contributed by atoms with Crippen LogP contribution in [0, 0.1) is 6.92 Å². The summed E-state index contributed by atoms with van der Waals surface area (Å²) in [6.45, 7) is 1.85. The number of hydrogen-bond donors (Lipinski definition) is 3. The van der Waals surface area contributed by atoms with Crippen molar-refractivity contribution in [2.45, 2.75) is 19.4 Å². The van der Waals surface area contributed by atoms with Crippen LogP contribution in [0.25, 0.3) is 10.9 Å². The first-order valence-electron chi connectivity index (χ1n) is 5.34. The maximum absolute atomic E-state index is 10.8. The summed E-state index contributed by atoms with van der Waals surface area (Å²) < 4.78 is 0. The van der Waals surface area contributed by atoms with Crippen LogP contribution in [-0.2, 0) is 11.2 Å². The normalized spacial score (nSPS) is 12.9. The van der Waals surface area contributed by atoms with Gasteiger partial charge in [-0.3, -0.25) is 4.79 Å². The smallest absolute Gasteiger partial charge is 0.320 e. The number of halogens is 2. The maximum atomic E-state index is 10.8. The summed E-state index contributed by atoms with van der Waals surface area (Å²) in [6, 6.07) is 0.947. The van der Waals surface area contributed by atoms with Crippen molar-refractivity contribution in [1.82, 2.24) is 4.98 Å². The summed E-state index contributed by atoms with van der Waals surface area (Å²) in [5.74, 6) is -1.03. The number of hydrogen-bond acceptors (Lipinski definition) is 2. The molecule has 0 saturated heterocycles. The van der Waals surface area contributed by atoms with Crippen molar-refractivity contribution in [3.63, 3.8) is 0 Å². The van der Waals surface area contributed by atoms with E-state index in [-0.39, 0.29) is 6.42 Å². The summed E-state index contributed by atoms with van der Waals surface area (Å²) in [6.07, 6.45) is 1.96. The molecule has 18 heavy (non-hydrogen) atoms. The minimum atomic E-state index is -1.03. The third-order valence-corrected chi connectivity index (χ3v) is 3.84. The SMILES string of the molecule is Cc1cc2c(CC(N)C(=O)O)c[nH]c2c(Cl)c1Cl. The zero-order valence-corrected chi connectivity index (χ0v) is 11.1. The number of fused-ring (bicyclic) bond motifs is 1. The van der Waals surface area contributed by atoms with Crippen LogP contribution in [0.1, 0.15) is 11.1 Å². The van der Waals surface area contributed by atoms with E-state index < -0.39 is 12.0 Å². The molecule has 1 unspecified atom stereocenters. The maximum Gasteiger partial charge on any atom is 0.320 e. The number of nitrogens with two attached hydrogens (primary N) is 1. The predicted octanol–water partition coefficient (Wildman–Crippen LogP) is 2.74. The second kappa shape index (κ2) is 4.80. The zero-order valence-electron chi connectivity index (χ0n) is 9.63. The van der Waals surface area contributed by atoms with Gasteiger partial charge in [-0.2, -0.15) is 0 Å². The molecule has 0 bridgehead atoms. The molecule has 0 aliphatic carbocycles. The Morgan fingerprint density at radius 2 is 2.17 bits per heavy atom. The fraction of sp³-hybridized carbons (Fsp3) is 0.250. The van der Waals surface area contributed by atoms with E-state index in [1.807, 2.05) is 13.0 Å². The van der Waals surface area contributed by atoms with Gasteiger partial charge >= 0.3 is 5.97 Å². The minimum absolute atomic E-state index is 0.243. The molecular formula is C12H12Cl2N2O2. The molecule has 2 rings (SSSR count). The highest BCUT2D eigenvalue weighted by molar-refractivity contribution is 6.45. The Balaban J connectivity index is 2.51. The van der Waals surface area contributed by atoms with Gasteiger partial charge in [0.2, 0.25) is 0 Å². The van der Waals surface area contributed by atoms with Crippen molar-refractivity contribution in [3.05, 3.63) is 33.4 Å². The van der Waals surface area contributed by atoms with E-state index in [1.165, 1.54) is 0 Å². The molecule has 1 heterocycles. The highest BCUT2D eigenvalue weighted by Crippen LogP contribution is 2.34. The number of aromatic nitrogens is 1. The van der Waals surface area contributed by atoms with Gasteiger partial charge in [0.05, 0.1) is 15.6 Å². The number of carboxylic acids is 1. The Kier molecular flexibility index (Phi) is 3.52. The van der Waals surface area contributed by atoms with E-state index in [2.05, 4.69) is 4.98 Å². The van der Waals surface area contributed by atoms with Crippen LogP contribution in [0.5, 0.6) is 0 Å². The monoisotopic (exact) mass is 286 g/mol. The van der Waals surface area contributed by atoms with Crippen molar-refractivity contribution in [3.8, 4) is 0 Å². The van der Waals surface area contributed by atoms with Gasteiger partial charge in [0.1, 0.15) is 6.04 Å². The quantitative estimate of drug-likeness (QED) is 0.812. The van der Waals surface area contributed by atoms with Crippen LogP contribution >= 0.6 is 23.2 Å². The van der Waals surface area contributed by atoms with Gasteiger partial charge in [-0.05, 0) is 24.1 Å². The largest absolute Gasteiger partial charge is 0.480 e. The molecule has 0 saturated carbocycles. The van der Waals surface area contributed by atoms with Gasteiger partial charge < -0.3 is 15.8 Å². The fourth-order valence-corrected chi connectivity index (χ4v) is 2.33. The summed E-state index contributed by atoms with van der Waals surface area (Å²) in [7, 11) is 0. The lowest BCUT2D eigenvalue weighted by Gasteiger charge is -2.06. The Hall–Kier alpha value is -1.23. The van der Waals surface area contributed by atoms with E-state index in [9.17, 15) is 4.79 Å². The summed E-state index contributed by atoms with van der Waals surface area (Å²) in [5, 5.41) is 10.6. The molecule has 1 aromatic heterocycles. The lowest BCUT2D eigenvalue weighted by atomic mass is 10.0. The fourth-order valence-electron chi connectivity index (χ4n) is 1.88. The second-order valence-corrected chi connectivity index (χ2v) is 4.96. The number of aromatic amines is 1. The Labute approximate surface area is 114 Å². The number of carboxylic acid groups (broad SMARTS) is 1. The zero-order chi connectivity index (χ0) is 13.4. The summed E-state index contributed by atoms with van der Waals surface area (Å²) in [4.78, 5) is 13.8. The molecule has 1 atom stereocenters. The Morgan fingerprint density at radius 1 is 1.50 bits per heavy atom. The highest BCUT2D eigenvalue weighted by atomic mass is 35.5. The topological polar surface area (TPSA) is 79.1 Å². The molecule has 0 aliphatic rings. The summed E-state index contributed by atoms with van der Waals surface area (Å²) in [5.41, 5.74) is 7.91. The second-order valence-electron chi connectivity index (χ2n) is 4.21. The molecule has 4 nitrogen and oxygen atoms in total. The molecule has 0 amide bonds. The molecule has 96 valence electrons. The van der Waals surface area contributed by atoms with E-state index in [1.54, 1.807) is 6.20 Å². The number of aryl methyl sites for hydroxylation is 1. The first-order chi connectivity index (χ1) is 8.41. The van der Waals surface area contributed by atoms with Crippen molar-refractivity contribution in [1.29, 1.82) is 0 Å². The molecule has 0 radical (unpaired) electrons. The van der Waals surface area contributed by atoms with Crippen LogP contribution in [0.4, 0.5) is 0 Å².